The van der Waals surface area contributed by atoms with Gasteiger partial charge in [-0.15, -0.1) is 0 Å². The molecule has 170 valence electrons. The molecule has 0 unspecified atom stereocenters. The highest BCUT2D eigenvalue weighted by atomic mass is 19.4. The number of alkyl halides is 3. The summed E-state index contributed by atoms with van der Waals surface area (Å²) in [5, 5.41) is 8.45. The predicted molar refractivity (Wildman–Crippen MR) is 118 cm³/mol. The number of aromatic nitrogens is 3. The van der Waals surface area contributed by atoms with Gasteiger partial charge in [-0.25, -0.2) is 4.98 Å². The predicted octanol–water partition coefficient (Wildman–Crippen LogP) is 6.58. The van der Waals surface area contributed by atoms with E-state index in [0.717, 1.165) is 41.3 Å². The van der Waals surface area contributed by atoms with E-state index in [1.165, 1.54) is 25.0 Å². The van der Waals surface area contributed by atoms with E-state index in [2.05, 4.69) is 17.2 Å². The third kappa shape index (κ3) is 4.64. The Labute approximate surface area is 185 Å². The molecule has 0 atom stereocenters. The molecular weight excluding hydrogens is 417 g/mol. The molecular formula is C24H27F3N4O. The minimum Gasteiger partial charge on any atom is -0.320 e. The van der Waals surface area contributed by atoms with Crippen LogP contribution in [0.1, 0.15) is 80.2 Å². The summed E-state index contributed by atoms with van der Waals surface area (Å²) in [5.41, 5.74) is 0.922. The van der Waals surface area contributed by atoms with Crippen LogP contribution in [0.4, 0.5) is 18.9 Å². The minimum atomic E-state index is -4.61. The van der Waals surface area contributed by atoms with Gasteiger partial charge in [-0.05, 0) is 67.3 Å². The molecule has 1 N–H and O–H groups in total. The molecule has 0 saturated heterocycles. The van der Waals surface area contributed by atoms with Crippen LogP contribution in [0.15, 0.2) is 36.5 Å². The zero-order valence-electron chi connectivity index (χ0n) is 18.4. The number of pyridine rings is 1. The smallest absolute Gasteiger partial charge is 0.320 e. The monoisotopic (exact) mass is 444 g/mol. The van der Waals surface area contributed by atoms with Gasteiger partial charge < -0.3 is 5.32 Å². The first kappa shape index (κ1) is 22.3. The molecule has 5 nitrogen and oxygen atoms in total. The van der Waals surface area contributed by atoms with Crippen molar-refractivity contribution < 1.29 is 18.0 Å². The van der Waals surface area contributed by atoms with E-state index in [4.69, 9.17) is 5.10 Å². The summed E-state index contributed by atoms with van der Waals surface area (Å²) < 4.78 is 41.0. The molecule has 8 heteroatoms. The molecule has 3 aromatic rings. The fourth-order valence-corrected chi connectivity index (χ4v) is 4.29. The van der Waals surface area contributed by atoms with Gasteiger partial charge in [0.15, 0.2) is 0 Å². The van der Waals surface area contributed by atoms with E-state index in [9.17, 15) is 18.0 Å². The fourth-order valence-electron chi connectivity index (χ4n) is 4.29. The van der Waals surface area contributed by atoms with Crippen LogP contribution in [-0.4, -0.2) is 20.7 Å². The maximum Gasteiger partial charge on any atom is 0.433 e. The van der Waals surface area contributed by atoms with Crippen molar-refractivity contribution >= 4 is 22.5 Å². The van der Waals surface area contributed by atoms with Gasteiger partial charge in [0.2, 0.25) is 0 Å². The van der Waals surface area contributed by atoms with Crippen LogP contribution in [0.2, 0.25) is 0 Å². The van der Waals surface area contributed by atoms with Crippen LogP contribution < -0.4 is 5.32 Å². The Bertz CT molecular complexity index is 1130. The number of halogens is 3. The molecule has 1 fully saturated rings. The van der Waals surface area contributed by atoms with Crippen molar-refractivity contribution in [1.82, 2.24) is 14.8 Å². The zero-order valence-corrected chi connectivity index (χ0v) is 18.4. The van der Waals surface area contributed by atoms with Crippen molar-refractivity contribution in [3.05, 3.63) is 53.5 Å². The lowest BCUT2D eigenvalue weighted by Gasteiger charge is -2.26. The van der Waals surface area contributed by atoms with E-state index < -0.39 is 17.8 Å². The number of fused-ring (bicyclic) bond motifs is 1. The van der Waals surface area contributed by atoms with Crippen molar-refractivity contribution in [1.29, 1.82) is 0 Å². The van der Waals surface area contributed by atoms with Gasteiger partial charge in [0.25, 0.3) is 5.91 Å². The SMILES string of the molecule is CC1CCC(n2cc3cc(NC(=O)c4cccc(C(F)(F)F)n4)c(C(C)C)cc3n2)CC1. The normalized spacial score (nSPS) is 19.5. The third-order valence-electron chi connectivity index (χ3n) is 6.20. The second-order valence-corrected chi connectivity index (χ2v) is 9.04. The second kappa shape index (κ2) is 8.56. The van der Waals surface area contributed by atoms with Crippen molar-refractivity contribution in [2.45, 2.75) is 64.6 Å². The zero-order chi connectivity index (χ0) is 23.0. The number of nitrogens with one attached hydrogen (secondary N) is 1. The summed E-state index contributed by atoms with van der Waals surface area (Å²) >= 11 is 0. The summed E-state index contributed by atoms with van der Waals surface area (Å²) in [6.45, 7) is 6.27. The molecule has 0 spiro atoms. The number of carbonyl (C=O) groups excluding carboxylic acids is 1. The molecule has 4 rings (SSSR count). The van der Waals surface area contributed by atoms with Gasteiger partial charge in [-0.1, -0.05) is 26.8 Å². The van der Waals surface area contributed by atoms with Crippen LogP contribution >= 0.6 is 0 Å². The number of carbonyl (C=O) groups is 1. The summed E-state index contributed by atoms with van der Waals surface area (Å²) in [6.07, 6.45) is 1.95. The van der Waals surface area contributed by atoms with Gasteiger partial charge in [-0.2, -0.15) is 18.3 Å². The van der Waals surface area contributed by atoms with Crippen LogP contribution in [0.3, 0.4) is 0 Å². The Morgan fingerprint density at radius 3 is 2.53 bits per heavy atom. The lowest BCUT2D eigenvalue weighted by Crippen LogP contribution is -2.18. The summed E-state index contributed by atoms with van der Waals surface area (Å²) in [5.74, 6) is 0.158. The van der Waals surface area contributed by atoms with Gasteiger partial charge >= 0.3 is 6.18 Å². The maximum absolute atomic E-state index is 13.0. The second-order valence-electron chi connectivity index (χ2n) is 9.04. The number of benzene rings is 1. The van der Waals surface area contributed by atoms with E-state index in [1.807, 2.05) is 36.9 Å². The minimum absolute atomic E-state index is 0.0878. The molecule has 1 aliphatic carbocycles. The Balaban J connectivity index is 1.64. The average molecular weight is 445 g/mol. The maximum atomic E-state index is 13.0. The Kier molecular flexibility index (Phi) is 5.97. The first-order valence-electron chi connectivity index (χ1n) is 11.0. The number of anilines is 1. The molecule has 1 aliphatic rings. The molecule has 0 bridgehead atoms. The molecule has 0 radical (unpaired) electrons. The highest BCUT2D eigenvalue weighted by Crippen LogP contribution is 2.34. The molecule has 0 aliphatic heterocycles. The van der Waals surface area contributed by atoms with Crippen LogP contribution in [0.25, 0.3) is 10.9 Å². The molecule has 1 saturated carbocycles. The van der Waals surface area contributed by atoms with Gasteiger partial charge in [0.1, 0.15) is 11.4 Å². The number of hydrogen-bond acceptors (Lipinski definition) is 3. The molecule has 2 heterocycles. The van der Waals surface area contributed by atoms with Crippen molar-refractivity contribution in [3.8, 4) is 0 Å². The van der Waals surface area contributed by atoms with Gasteiger partial charge in [0.05, 0.1) is 11.6 Å². The number of amides is 1. The molecule has 1 amide bonds. The Morgan fingerprint density at radius 2 is 1.88 bits per heavy atom. The molecule has 2 aromatic heterocycles. The fraction of sp³-hybridized carbons (Fsp3) is 0.458. The van der Waals surface area contributed by atoms with E-state index >= 15 is 0 Å². The quantitative estimate of drug-likeness (QED) is 0.495. The molecule has 1 aromatic carbocycles. The number of hydrogen-bond donors (Lipinski definition) is 1. The number of nitrogens with zero attached hydrogens (tertiary/aromatic N) is 3. The lowest BCUT2D eigenvalue weighted by atomic mass is 9.87. The first-order chi connectivity index (χ1) is 15.1. The Morgan fingerprint density at radius 1 is 1.16 bits per heavy atom. The van der Waals surface area contributed by atoms with E-state index in [1.54, 1.807) is 0 Å². The van der Waals surface area contributed by atoms with Gasteiger partial charge in [0, 0.05) is 17.3 Å². The highest BCUT2D eigenvalue weighted by molar-refractivity contribution is 6.04. The summed E-state index contributed by atoms with van der Waals surface area (Å²) in [4.78, 5) is 16.2. The van der Waals surface area contributed by atoms with Crippen molar-refractivity contribution in [2.24, 2.45) is 5.92 Å². The summed E-state index contributed by atoms with van der Waals surface area (Å²) in [6, 6.07) is 7.49. The summed E-state index contributed by atoms with van der Waals surface area (Å²) in [7, 11) is 0. The topological polar surface area (TPSA) is 59.8 Å². The molecule has 32 heavy (non-hydrogen) atoms. The van der Waals surface area contributed by atoms with E-state index in [-0.39, 0.29) is 11.6 Å². The average Bonchev–Trinajstić information content (AvgIpc) is 3.16. The highest BCUT2D eigenvalue weighted by Gasteiger charge is 2.33. The lowest BCUT2D eigenvalue weighted by molar-refractivity contribution is -0.141. The third-order valence-corrected chi connectivity index (χ3v) is 6.20. The van der Waals surface area contributed by atoms with Gasteiger partial charge in [-0.3, -0.25) is 9.48 Å². The van der Waals surface area contributed by atoms with Crippen LogP contribution in [0.5, 0.6) is 0 Å². The van der Waals surface area contributed by atoms with E-state index in [0.29, 0.717) is 11.7 Å². The first-order valence-corrected chi connectivity index (χ1v) is 11.0. The van der Waals surface area contributed by atoms with Crippen LogP contribution in [0, 0.1) is 5.92 Å². The largest absolute Gasteiger partial charge is 0.433 e. The number of rotatable bonds is 4. The van der Waals surface area contributed by atoms with Crippen LogP contribution in [-0.2, 0) is 6.18 Å². The Hall–Kier alpha value is -2.90. The van der Waals surface area contributed by atoms with Crippen molar-refractivity contribution in [3.63, 3.8) is 0 Å². The standard InChI is InChI=1S/C24H27F3N4O/c1-14(2)18-12-20-16(13-31(30-20)17-9-7-15(3)8-10-17)11-21(18)29-23(32)19-5-4-6-22(28-19)24(25,26)27/h4-6,11-15,17H,7-10H2,1-3H3,(H,29,32). The van der Waals surface area contributed by atoms with Crippen molar-refractivity contribution in [2.75, 3.05) is 5.32 Å².